The minimum atomic E-state index is -5.39. The molecule has 0 aliphatic rings. The van der Waals surface area contributed by atoms with Crippen LogP contribution in [0.4, 0.5) is 0 Å². The Bertz CT molecular complexity index is 695. The summed E-state index contributed by atoms with van der Waals surface area (Å²) in [5, 5.41) is 0. The lowest BCUT2D eigenvalue weighted by Gasteiger charge is -2.36. The van der Waals surface area contributed by atoms with Gasteiger partial charge in [0.05, 0.1) is 81.6 Å². The van der Waals surface area contributed by atoms with Gasteiger partial charge in [-0.25, -0.2) is 0 Å². The van der Waals surface area contributed by atoms with Gasteiger partial charge >= 0.3 is 0 Å². The van der Waals surface area contributed by atoms with Crippen LogP contribution < -0.4 is 14.7 Å². The molecule has 0 aromatic rings. The molecule has 0 N–H and O–H groups in total. The predicted octanol–water partition coefficient (Wildman–Crippen LogP) is 12.2. The SMILES string of the molecule is CCCCCCCCCCCC[N+](C)(C)CC.CCCCCCCCCCCC[N+](C)(C)CC.CCCCCCCCCCCC[N+](C)(C)CC.O=P([O-])([O-])[O-]. The molecule has 0 bridgehead atoms. The first-order valence-corrected chi connectivity index (χ1v) is 26.0. The lowest BCUT2D eigenvalue weighted by molar-refractivity contribution is -0.888. The van der Waals surface area contributed by atoms with Gasteiger partial charge in [-0.2, -0.15) is 7.82 Å². The Morgan fingerprint density at radius 2 is 0.411 bits per heavy atom. The zero-order chi connectivity index (χ0) is 43.5. The minimum absolute atomic E-state index is 1.19. The zero-order valence-electron chi connectivity index (χ0n) is 40.9. The molecule has 0 aromatic heterocycles. The fraction of sp³-hybridized carbons (Fsp3) is 1.00. The van der Waals surface area contributed by atoms with Crippen LogP contribution in [-0.4, -0.2) is 95.0 Å². The van der Waals surface area contributed by atoms with Gasteiger partial charge in [-0.3, -0.25) is 0 Å². The Kier molecular flexibility index (Phi) is 49.8. The number of rotatable bonds is 36. The van der Waals surface area contributed by atoms with Gasteiger partial charge in [0.25, 0.3) is 0 Å². The van der Waals surface area contributed by atoms with E-state index in [4.69, 9.17) is 19.2 Å². The molecule has 0 aliphatic carbocycles. The molecule has 344 valence electrons. The van der Waals surface area contributed by atoms with Crippen molar-refractivity contribution in [2.24, 2.45) is 0 Å². The van der Waals surface area contributed by atoms with Gasteiger partial charge in [-0.15, -0.1) is 0 Å². The average molecular weight is 822 g/mol. The molecular formula is C48H108N3O4P. The van der Waals surface area contributed by atoms with E-state index in [1.807, 2.05) is 0 Å². The van der Waals surface area contributed by atoms with Crippen molar-refractivity contribution in [3.8, 4) is 0 Å². The fourth-order valence-corrected chi connectivity index (χ4v) is 6.56. The van der Waals surface area contributed by atoms with E-state index in [-0.39, 0.29) is 0 Å². The van der Waals surface area contributed by atoms with Crippen LogP contribution in [0.5, 0.6) is 0 Å². The van der Waals surface area contributed by atoms with Crippen LogP contribution in [0.1, 0.15) is 234 Å². The normalized spacial score (nSPS) is 12.0. The van der Waals surface area contributed by atoms with Gasteiger partial charge in [0.15, 0.2) is 0 Å². The van der Waals surface area contributed by atoms with E-state index >= 15 is 0 Å². The summed E-state index contributed by atoms with van der Waals surface area (Å²) in [4.78, 5) is 25.6. The summed E-state index contributed by atoms with van der Waals surface area (Å²) in [6, 6.07) is 0. The summed E-state index contributed by atoms with van der Waals surface area (Å²) in [7, 11) is 8.66. The highest BCUT2D eigenvalue weighted by Crippen LogP contribution is 2.14. The summed E-state index contributed by atoms with van der Waals surface area (Å²) in [5.74, 6) is 0. The molecule has 56 heavy (non-hydrogen) atoms. The molecule has 0 aliphatic heterocycles. The first-order chi connectivity index (χ1) is 26.4. The molecule has 7 nitrogen and oxygen atoms in total. The summed E-state index contributed by atoms with van der Waals surface area (Å²) in [5.41, 5.74) is 0. The quantitative estimate of drug-likeness (QED) is 0.0358. The maximum absolute atomic E-state index is 8.55. The highest BCUT2D eigenvalue weighted by molar-refractivity contribution is 7.40. The van der Waals surface area contributed by atoms with Crippen LogP contribution in [0.15, 0.2) is 0 Å². The van der Waals surface area contributed by atoms with Crippen LogP contribution in [-0.2, 0) is 4.57 Å². The summed E-state index contributed by atoms with van der Waals surface area (Å²) in [6.07, 6.45) is 43.3. The number of phosphoric acid groups is 1. The summed E-state index contributed by atoms with van der Waals surface area (Å²) in [6.45, 7) is 21.6. The third kappa shape index (κ3) is 65.8. The second-order valence-electron chi connectivity index (χ2n) is 18.9. The number of nitrogens with zero attached hydrogens (tertiary/aromatic N) is 3. The van der Waals surface area contributed by atoms with Crippen LogP contribution in [0, 0.1) is 0 Å². The van der Waals surface area contributed by atoms with E-state index in [1.165, 1.54) is 245 Å². The monoisotopic (exact) mass is 822 g/mol. The molecular weight excluding hydrogens is 714 g/mol. The molecule has 0 saturated carbocycles. The summed E-state index contributed by atoms with van der Waals surface area (Å²) >= 11 is 0. The topological polar surface area (TPSA) is 86.2 Å². The van der Waals surface area contributed by atoms with Crippen molar-refractivity contribution in [2.75, 3.05) is 81.6 Å². The molecule has 0 heterocycles. The molecule has 0 radical (unpaired) electrons. The molecule has 0 spiro atoms. The van der Waals surface area contributed by atoms with E-state index in [1.54, 1.807) is 0 Å². The van der Waals surface area contributed by atoms with Gasteiger partial charge in [-0.05, 0) is 59.3 Å². The smallest absolute Gasteiger partial charge is 0.0782 e. The molecule has 0 atom stereocenters. The molecule has 8 heteroatoms. The Morgan fingerprint density at radius 1 is 0.286 bits per heavy atom. The van der Waals surface area contributed by atoms with Crippen LogP contribution in [0.3, 0.4) is 0 Å². The van der Waals surface area contributed by atoms with Crippen LogP contribution >= 0.6 is 7.82 Å². The van der Waals surface area contributed by atoms with Crippen molar-refractivity contribution in [2.45, 2.75) is 234 Å². The minimum Gasteiger partial charge on any atom is -0.822 e. The van der Waals surface area contributed by atoms with E-state index in [0.717, 1.165) is 0 Å². The predicted molar refractivity (Wildman–Crippen MR) is 246 cm³/mol. The highest BCUT2D eigenvalue weighted by atomic mass is 31.2. The summed E-state index contributed by atoms with van der Waals surface area (Å²) < 4.78 is 12.1. The van der Waals surface area contributed by atoms with E-state index in [0.29, 0.717) is 0 Å². The highest BCUT2D eigenvalue weighted by Gasteiger charge is 2.11. The van der Waals surface area contributed by atoms with Crippen molar-refractivity contribution in [3.63, 3.8) is 0 Å². The first-order valence-electron chi connectivity index (χ1n) is 24.6. The number of hydrogen-bond donors (Lipinski definition) is 0. The Hall–Kier alpha value is -0.0100. The van der Waals surface area contributed by atoms with Crippen molar-refractivity contribution < 1.29 is 32.7 Å². The van der Waals surface area contributed by atoms with Crippen LogP contribution in [0.25, 0.3) is 0 Å². The Morgan fingerprint density at radius 3 is 0.536 bits per heavy atom. The first kappa shape index (κ1) is 62.6. The molecule has 0 rings (SSSR count). The third-order valence-corrected chi connectivity index (χ3v) is 11.9. The van der Waals surface area contributed by atoms with Crippen molar-refractivity contribution >= 4 is 7.82 Å². The standard InChI is InChI=1S/3C16H36N.H3O4P/c3*1-5-7-8-9-10-11-12-13-14-15-16-17(3,4)6-2;1-5(2,3)4/h3*5-16H2,1-4H3;(H3,1,2,3,4)/q3*+1;/p-3. The van der Waals surface area contributed by atoms with Gasteiger partial charge in [0.2, 0.25) is 0 Å². The second kappa shape index (κ2) is 44.5. The number of unbranched alkanes of at least 4 members (excludes halogenated alkanes) is 27. The fourth-order valence-electron chi connectivity index (χ4n) is 6.56. The van der Waals surface area contributed by atoms with Gasteiger partial charge < -0.3 is 32.7 Å². The van der Waals surface area contributed by atoms with Crippen molar-refractivity contribution in [1.82, 2.24) is 0 Å². The molecule has 0 saturated heterocycles. The largest absolute Gasteiger partial charge is 0.822 e. The molecule has 0 aromatic carbocycles. The van der Waals surface area contributed by atoms with E-state index in [9.17, 15) is 0 Å². The third-order valence-electron chi connectivity index (χ3n) is 11.9. The number of hydrogen-bond acceptors (Lipinski definition) is 4. The van der Waals surface area contributed by atoms with Gasteiger partial charge in [0.1, 0.15) is 0 Å². The second-order valence-corrected chi connectivity index (χ2v) is 19.8. The Labute approximate surface area is 355 Å². The average Bonchev–Trinajstić information content (AvgIpc) is 3.14. The van der Waals surface area contributed by atoms with Gasteiger partial charge in [0, 0.05) is 0 Å². The van der Waals surface area contributed by atoms with Crippen LogP contribution in [0.2, 0.25) is 0 Å². The van der Waals surface area contributed by atoms with Gasteiger partial charge in [-0.1, -0.05) is 175 Å². The Balaban J connectivity index is -0.000000340. The van der Waals surface area contributed by atoms with Crippen molar-refractivity contribution in [3.05, 3.63) is 0 Å². The van der Waals surface area contributed by atoms with E-state index in [2.05, 4.69) is 83.8 Å². The number of quaternary nitrogens is 3. The lowest BCUT2D eigenvalue weighted by atomic mass is 10.1. The molecule has 0 amide bonds. The lowest BCUT2D eigenvalue weighted by Crippen LogP contribution is -2.39. The van der Waals surface area contributed by atoms with Crippen molar-refractivity contribution in [1.29, 1.82) is 0 Å². The molecule has 0 unspecified atom stereocenters. The maximum Gasteiger partial charge on any atom is 0.0782 e. The molecule has 0 fully saturated rings. The van der Waals surface area contributed by atoms with E-state index < -0.39 is 7.82 Å². The maximum atomic E-state index is 8.55. The zero-order valence-corrected chi connectivity index (χ0v) is 41.8.